The van der Waals surface area contributed by atoms with Crippen molar-refractivity contribution in [1.82, 2.24) is 10.6 Å². The van der Waals surface area contributed by atoms with Crippen LogP contribution < -0.4 is 24.8 Å². The molecule has 0 spiro atoms. The first kappa shape index (κ1) is 29.4. The monoisotopic (exact) mass is 562 g/mol. The third kappa shape index (κ3) is 6.58. The van der Waals surface area contributed by atoms with Gasteiger partial charge in [0.05, 0.1) is 21.3 Å². The van der Waals surface area contributed by atoms with Crippen LogP contribution in [0.1, 0.15) is 62.2 Å². The molecular formula is C29H42N2O7S. The third-order valence-electron chi connectivity index (χ3n) is 8.85. The molecule has 2 amide bonds. The molecule has 4 aliphatic rings. The summed E-state index contributed by atoms with van der Waals surface area (Å²) in [6.07, 6.45) is 9.87. The maximum Gasteiger partial charge on any atom is 0.329 e. The molecule has 4 saturated carbocycles. The van der Waals surface area contributed by atoms with E-state index in [1.807, 2.05) is 6.26 Å². The van der Waals surface area contributed by atoms with Crippen LogP contribution in [0.2, 0.25) is 0 Å². The number of methoxy groups -OCH3 is 3. The van der Waals surface area contributed by atoms with Gasteiger partial charge < -0.3 is 29.6 Å². The van der Waals surface area contributed by atoms with E-state index in [9.17, 15) is 14.4 Å². The molecule has 39 heavy (non-hydrogen) atoms. The second kappa shape index (κ2) is 12.7. The lowest BCUT2D eigenvalue weighted by atomic mass is 9.48. The number of hydrogen-bond donors (Lipinski definition) is 2. The molecule has 0 unspecified atom stereocenters. The van der Waals surface area contributed by atoms with Gasteiger partial charge in [-0.15, -0.1) is 0 Å². The van der Waals surface area contributed by atoms with Crippen molar-refractivity contribution >= 4 is 29.5 Å². The quantitative estimate of drug-likeness (QED) is 0.349. The molecule has 0 heterocycles. The molecule has 2 atom stereocenters. The third-order valence-corrected chi connectivity index (χ3v) is 9.50. The van der Waals surface area contributed by atoms with Crippen molar-refractivity contribution in [2.75, 3.05) is 39.9 Å². The molecule has 0 radical (unpaired) electrons. The van der Waals surface area contributed by atoms with Crippen LogP contribution in [0.5, 0.6) is 17.2 Å². The fraction of sp³-hybridized carbons (Fsp3) is 0.690. The average Bonchev–Trinajstić information content (AvgIpc) is 2.92. The summed E-state index contributed by atoms with van der Waals surface area (Å²) in [4.78, 5) is 38.9. The van der Waals surface area contributed by atoms with Gasteiger partial charge in [0, 0.05) is 11.6 Å². The number of carbonyl (C=O) groups excluding carboxylic acids is 3. The van der Waals surface area contributed by atoms with Gasteiger partial charge in [-0.25, -0.2) is 4.79 Å². The number of thioether (sulfide) groups is 1. The van der Waals surface area contributed by atoms with E-state index in [4.69, 9.17) is 18.9 Å². The lowest BCUT2D eigenvalue weighted by Gasteiger charge is -2.59. The fourth-order valence-corrected chi connectivity index (χ4v) is 7.79. The van der Waals surface area contributed by atoms with Crippen molar-refractivity contribution in [1.29, 1.82) is 0 Å². The highest BCUT2D eigenvalue weighted by molar-refractivity contribution is 7.98. The number of benzene rings is 1. The summed E-state index contributed by atoms with van der Waals surface area (Å²) in [6, 6.07) is 2.18. The second-order valence-electron chi connectivity index (χ2n) is 11.4. The van der Waals surface area contributed by atoms with Gasteiger partial charge in [-0.2, -0.15) is 11.8 Å². The molecule has 0 saturated heterocycles. The van der Waals surface area contributed by atoms with Crippen molar-refractivity contribution in [3.63, 3.8) is 0 Å². The maximum absolute atomic E-state index is 13.1. The molecule has 4 fully saturated rings. The maximum atomic E-state index is 13.1. The normalized spacial score (nSPS) is 26.3. The minimum absolute atomic E-state index is 0.0455. The van der Waals surface area contributed by atoms with Crippen LogP contribution in [0.15, 0.2) is 12.1 Å². The first-order chi connectivity index (χ1) is 18.7. The molecule has 9 nitrogen and oxygen atoms in total. The molecule has 4 bridgehead atoms. The van der Waals surface area contributed by atoms with Gasteiger partial charge in [-0.05, 0) is 99.2 Å². The lowest BCUT2D eigenvalue weighted by molar-refractivity contribution is -0.151. The van der Waals surface area contributed by atoms with Gasteiger partial charge in [0.25, 0.3) is 11.8 Å². The molecule has 4 aliphatic carbocycles. The van der Waals surface area contributed by atoms with E-state index in [0.29, 0.717) is 29.4 Å². The summed E-state index contributed by atoms with van der Waals surface area (Å²) in [5.41, 5.74) is 0.414. The van der Waals surface area contributed by atoms with Crippen LogP contribution in [0, 0.1) is 23.2 Å². The zero-order valence-electron chi connectivity index (χ0n) is 23.7. The first-order valence-electron chi connectivity index (χ1n) is 13.8. The summed E-state index contributed by atoms with van der Waals surface area (Å²) in [5.74, 6) is 2.60. The first-order valence-corrected chi connectivity index (χ1v) is 15.2. The lowest BCUT2D eigenvalue weighted by Crippen LogP contribution is -2.56. The van der Waals surface area contributed by atoms with Crippen molar-refractivity contribution in [3.05, 3.63) is 17.7 Å². The Balaban J connectivity index is 1.35. The SMILES string of the molecule is COc1cc(C(=O)N[C@H](CCSC)C(=O)OCC(=O)N[C@@H](C)C23CC4CC(CC(C4)C2)C3)cc(OC)c1OC. The Morgan fingerprint density at radius 3 is 2.00 bits per heavy atom. The van der Waals surface area contributed by atoms with Crippen LogP contribution >= 0.6 is 11.8 Å². The Bertz CT molecular complexity index is 1000. The van der Waals surface area contributed by atoms with Crippen LogP contribution in [-0.2, 0) is 14.3 Å². The number of amides is 2. The summed E-state index contributed by atoms with van der Waals surface area (Å²) >= 11 is 1.55. The Kier molecular flexibility index (Phi) is 9.56. The molecule has 0 aliphatic heterocycles. The zero-order valence-corrected chi connectivity index (χ0v) is 24.5. The van der Waals surface area contributed by atoms with Crippen molar-refractivity contribution in [2.45, 2.75) is 64.0 Å². The summed E-state index contributed by atoms with van der Waals surface area (Å²) in [6.45, 7) is 1.73. The van der Waals surface area contributed by atoms with Gasteiger partial charge in [-0.1, -0.05) is 0 Å². The molecule has 1 aromatic carbocycles. The Labute approximate surface area is 235 Å². The second-order valence-corrected chi connectivity index (χ2v) is 12.4. The van der Waals surface area contributed by atoms with Crippen LogP contribution in [-0.4, -0.2) is 69.8 Å². The van der Waals surface area contributed by atoms with Gasteiger partial charge in [-0.3, -0.25) is 9.59 Å². The van der Waals surface area contributed by atoms with Gasteiger partial charge in [0.2, 0.25) is 5.75 Å². The van der Waals surface area contributed by atoms with E-state index in [1.54, 1.807) is 11.8 Å². The smallest absolute Gasteiger partial charge is 0.329 e. The van der Waals surface area contributed by atoms with E-state index < -0.39 is 17.9 Å². The molecule has 5 rings (SSSR count). The van der Waals surface area contributed by atoms with E-state index in [-0.39, 0.29) is 29.5 Å². The Morgan fingerprint density at radius 1 is 0.949 bits per heavy atom. The van der Waals surface area contributed by atoms with E-state index in [2.05, 4.69) is 17.6 Å². The topological polar surface area (TPSA) is 112 Å². The minimum atomic E-state index is -0.905. The average molecular weight is 563 g/mol. The molecule has 10 heteroatoms. The number of esters is 1. The Hall–Kier alpha value is -2.62. The van der Waals surface area contributed by atoms with E-state index in [1.165, 1.54) is 72.0 Å². The molecular weight excluding hydrogens is 520 g/mol. The fourth-order valence-electron chi connectivity index (χ4n) is 7.32. The van der Waals surface area contributed by atoms with Gasteiger partial charge in [0.1, 0.15) is 6.04 Å². The van der Waals surface area contributed by atoms with Crippen LogP contribution in [0.25, 0.3) is 0 Å². The highest BCUT2D eigenvalue weighted by atomic mass is 32.2. The highest BCUT2D eigenvalue weighted by Crippen LogP contribution is 2.61. The van der Waals surface area contributed by atoms with Crippen LogP contribution in [0.4, 0.5) is 0 Å². The standard InChI is InChI=1S/C29H42N2O7S/c1-17(29-13-18-8-19(14-29)10-20(9-18)15-29)30-25(32)16-38-28(34)22(6-7-39-5)31-27(33)21-11-23(35-2)26(37-4)24(12-21)36-3/h11-12,17-20,22H,6-10,13-16H2,1-5H3,(H,30,32)(H,31,33)/t17-,18?,19?,20?,22+,29?/m0/s1. The molecule has 0 aromatic heterocycles. The zero-order chi connectivity index (χ0) is 28.2. The van der Waals surface area contributed by atoms with Crippen LogP contribution in [0.3, 0.4) is 0 Å². The summed E-state index contributed by atoms with van der Waals surface area (Å²) in [7, 11) is 4.41. The van der Waals surface area contributed by atoms with E-state index in [0.717, 1.165) is 17.8 Å². The number of hydrogen-bond acceptors (Lipinski definition) is 8. The largest absolute Gasteiger partial charge is 0.493 e. The predicted octanol–water partition coefficient (Wildman–Crippen LogP) is 3.83. The number of ether oxygens (including phenoxy) is 4. The summed E-state index contributed by atoms with van der Waals surface area (Å²) < 4.78 is 21.4. The van der Waals surface area contributed by atoms with E-state index >= 15 is 0 Å². The Morgan fingerprint density at radius 2 is 1.51 bits per heavy atom. The van der Waals surface area contributed by atoms with Crippen molar-refractivity contribution in [3.8, 4) is 17.2 Å². The molecule has 216 valence electrons. The summed E-state index contributed by atoms with van der Waals surface area (Å²) in [5, 5.41) is 5.88. The molecule has 1 aromatic rings. The minimum Gasteiger partial charge on any atom is -0.493 e. The number of rotatable bonds is 13. The number of carbonyl (C=O) groups is 3. The predicted molar refractivity (Wildman–Crippen MR) is 150 cm³/mol. The van der Waals surface area contributed by atoms with Gasteiger partial charge in [0.15, 0.2) is 18.1 Å². The van der Waals surface area contributed by atoms with Crippen molar-refractivity contribution in [2.24, 2.45) is 23.2 Å². The van der Waals surface area contributed by atoms with Gasteiger partial charge >= 0.3 is 5.97 Å². The molecule has 2 N–H and O–H groups in total. The highest BCUT2D eigenvalue weighted by Gasteiger charge is 2.53. The van der Waals surface area contributed by atoms with Crippen molar-refractivity contribution < 1.29 is 33.3 Å². The number of nitrogens with one attached hydrogen (secondary N) is 2.